The third-order valence-electron chi connectivity index (χ3n) is 3.60. The first kappa shape index (κ1) is 22.0. The molecule has 0 amide bonds. The molecular formula is C16H21Cl2NO5S. The predicted molar refractivity (Wildman–Crippen MR) is 98.6 cm³/mol. The molecule has 0 aromatic carbocycles. The van der Waals surface area contributed by atoms with Crippen molar-refractivity contribution in [3.8, 4) is 0 Å². The molecule has 1 rings (SSSR count). The van der Waals surface area contributed by atoms with Gasteiger partial charge in [0.05, 0.1) is 16.5 Å². The van der Waals surface area contributed by atoms with E-state index in [1.807, 2.05) is 0 Å². The van der Waals surface area contributed by atoms with Crippen LogP contribution in [-0.2, 0) is 16.0 Å². The molecule has 1 atom stereocenters. The number of rotatable bonds is 12. The molecule has 0 fully saturated rings. The number of thioether (sulfide) groups is 1. The van der Waals surface area contributed by atoms with Gasteiger partial charge in [-0.15, -0.1) is 0 Å². The summed E-state index contributed by atoms with van der Waals surface area (Å²) in [6.07, 6.45) is 6.79. The van der Waals surface area contributed by atoms with E-state index in [1.54, 1.807) is 12.4 Å². The van der Waals surface area contributed by atoms with E-state index in [9.17, 15) is 14.7 Å². The predicted octanol–water partition coefficient (Wildman–Crippen LogP) is 3.51. The van der Waals surface area contributed by atoms with E-state index in [0.717, 1.165) is 37.7 Å². The third-order valence-corrected chi connectivity index (χ3v) is 5.51. The Kier molecular flexibility index (Phi) is 9.56. The van der Waals surface area contributed by atoms with E-state index in [1.165, 1.54) is 11.8 Å². The van der Waals surface area contributed by atoms with Crippen LogP contribution in [-0.4, -0.2) is 49.3 Å². The van der Waals surface area contributed by atoms with Crippen LogP contribution < -0.4 is 0 Å². The summed E-state index contributed by atoms with van der Waals surface area (Å²) in [5.74, 6) is -2.32. The molecule has 1 heterocycles. The van der Waals surface area contributed by atoms with Crippen molar-refractivity contribution < 1.29 is 24.9 Å². The molecule has 0 saturated heterocycles. The molecule has 0 spiro atoms. The second-order valence-corrected chi connectivity index (χ2v) is 7.63. The molecule has 0 aliphatic heterocycles. The van der Waals surface area contributed by atoms with Gasteiger partial charge in [-0.3, -0.25) is 9.78 Å². The Hall–Kier alpha value is -1.02. The molecular weight excluding hydrogens is 389 g/mol. The summed E-state index contributed by atoms with van der Waals surface area (Å²) in [5.41, 5.74) is -1.32. The molecule has 6 nitrogen and oxygen atoms in total. The van der Waals surface area contributed by atoms with E-state index in [2.05, 4.69) is 4.98 Å². The van der Waals surface area contributed by atoms with Gasteiger partial charge >= 0.3 is 11.9 Å². The molecule has 1 aromatic rings. The number of carboxylic acid groups (broad SMARTS) is 2. The Morgan fingerprint density at radius 2 is 1.68 bits per heavy atom. The first-order valence-electron chi connectivity index (χ1n) is 7.79. The van der Waals surface area contributed by atoms with Gasteiger partial charge in [0.1, 0.15) is 0 Å². The van der Waals surface area contributed by atoms with Gasteiger partial charge in [0.2, 0.25) is 0 Å². The monoisotopic (exact) mass is 409 g/mol. The highest BCUT2D eigenvalue weighted by Gasteiger charge is 2.38. The van der Waals surface area contributed by atoms with Gasteiger partial charge in [-0.2, -0.15) is 11.8 Å². The van der Waals surface area contributed by atoms with Gasteiger partial charge in [-0.25, -0.2) is 4.79 Å². The Labute approximate surface area is 160 Å². The molecule has 0 bridgehead atoms. The lowest BCUT2D eigenvalue weighted by molar-refractivity contribution is -0.162. The van der Waals surface area contributed by atoms with Gasteiger partial charge in [0.15, 0.2) is 5.60 Å². The van der Waals surface area contributed by atoms with Crippen LogP contribution in [0.4, 0.5) is 0 Å². The van der Waals surface area contributed by atoms with Crippen LogP contribution in [0.5, 0.6) is 0 Å². The SMILES string of the molecule is O=C(O)CC(O)(CSCCCCCCc1c(Cl)cncc1Cl)C(=O)O. The molecule has 0 aliphatic carbocycles. The number of aliphatic carboxylic acids is 2. The number of hydrogen-bond acceptors (Lipinski definition) is 5. The van der Waals surface area contributed by atoms with Crippen LogP contribution >= 0.6 is 35.0 Å². The van der Waals surface area contributed by atoms with E-state index in [4.69, 9.17) is 33.4 Å². The summed E-state index contributed by atoms with van der Waals surface area (Å²) in [4.78, 5) is 25.5. The van der Waals surface area contributed by atoms with Gasteiger partial charge in [-0.05, 0) is 30.6 Å². The summed E-state index contributed by atoms with van der Waals surface area (Å²) in [6.45, 7) is 0. The largest absolute Gasteiger partial charge is 0.481 e. The Morgan fingerprint density at radius 1 is 1.08 bits per heavy atom. The van der Waals surface area contributed by atoms with E-state index >= 15 is 0 Å². The van der Waals surface area contributed by atoms with Crippen LogP contribution in [0.2, 0.25) is 10.0 Å². The summed E-state index contributed by atoms with van der Waals surface area (Å²) < 4.78 is 0. The van der Waals surface area contributed by atoms with Crippen LogP contribution in [0.25, 0.3) is 0 Å². The normalized spacial score (nSPS) is 13.4. The minimum absolute atomic E-state index is 0.142. The fourth-order valence-corrected chi connectivity index (χ4v) is 3.89. The lowest BCUT2D eigenvalue weighted by Gasteiger charge is -2.20. The standard InChI is InChI=1S/C16H21Cl2NO5S/c17-12-8-19-9-13(18)11(12)5-3-1-2-4-6-25-10-16(24,15(22)23)7-14(20)21/h8-9,24H,1-7,10H2,(H,20,21)(H,22,23). The van der Waals surface area contributed by atoms with Crippen LogP contribution in [0.15, 0.2) is 12.4 Å². The molecule has 25 heavy (non-hydrogen) atoms. The highest BCUT2D eigenvalue weighted by atomic mass is 35.5. The van der Waals surface area contributed by atoms with Crippen molar-refractivity contribution in [2.24, 2.45) is 0 Å². The van der Waals surface area contributed by atoms with Crippen LogP contribution in [0.3, 0.4) is 0 Å². The van der Waals surface area contributed by atoms with Crippen LogP contribution in [0, 0.1) is 0 Å². The van der Waals surface area contributed by atoms with E-state index in [-0.39, 0.29) is 5.75 Å². The number of aromatic nitrogens is 1. The summed E-state index contributed by atoms with van der Waals surface area (Å²) in [5, 5.41) is 28.6. The number of hydrogen-bond donors (Lipinski definition) is 3. The molecule has 1 aromatic heterocycles. The zero-order valence-electron chi connectivity index (χ0n) is 13.6. The fraction of sp³-hybridized carbons (Fsp3) is 0.562. The molecule has 9 heteroatoms. The minimum Gasteiger partial charge on any atom is -0.481 e. The summed E-state index contributed by atoms with van der Waals surface area (Å²) in [6, 6.07) is 0. The molecule has 0 aliphatic rings. The first-order valence-corrected chi connectivity index (χ1v) is 9.70. The highest BCUT2D eigenvalue weighted by Crippen LogP contribution is 2.25. The minimum atomic E-state index is -2.22. The Bertz CT molecular complexity index is 582. The third kappa shape index (κ3) is 7.81. The molecule has 3 N–H and O–H groups in total. The lowest BCUT2D eigenvalue weighted by atomic mass is 10.0. The molecule has 0 radical (unpaired) electrons. The summed E-state index contributed by atoms with van der Waals surface area (Å²) >= 11 is 13.3. The van der Waals surface area contributed by atoms with Gasteiger partial charge in [0.25, 0.3) is 0 Å². The number of carboxylic acids is 2. The zero-order valence-corrected chi connectivity index (χ0v) is 15.9. The second-order valence-electron chi connectivity index (χ2n) is 5.71. The lowest BCUT2D eigenvalue weighted by Crippen LogP contribution is -2.43. The number of nitrogens with zero attached hydrogens (tertiary/aromatic N) is 1. The van der Waals surface area contributed by atoms with Gasteiger partial charge in [-0.1, -0.05) is 36.0 Å². The summed E-state index contributed by atoms with van der Waals surface area (Å²) in [7, 11) is 0. The van der Waals surface area contributed by atoms with Crippen molar-refractivity contribution >= 4 is 46.9 Å². The maximum absolute atomic E-state index is 11.0. The van der Waals surface area contributed by atoms with Crippen molar-refractivity contribution in [1.29, 1.82) is 0 Å². The van der Waals surface area contributed by atoms with E-state index < -0.39 is 24.0 Å². The molecule has 0 saturated carbocycles. The van der Waals surface area contributed by atoms with Gasteiger partial charge in [0, 0.05) is 18.1 Å². The first-order chi connectivity index (χ1) is 11.8. The Balaban J connectivity index is 2.20. The average molecular weight is 410 g/mol. The van der Waals surface area contributed by atoms with Gasteiger partial charge < -0.3 is 15.3 Å². The number of carbonyl (C=O) groups is 2. The smallest absolute Gasteiger partial charge is 0.337 e. The maximum atomic E-state index is 11.0. The number of unbranched alkanes of at least 4 members (excludes halogenated alkanes) is 3. The zero-order chi connectivity index (χ0) is 18.9. The average Bonchev–Trinajstić information content (AvgIpc) is 2.51. The van der Waals surface area contributed by atoms with Crippen molar-refractivity contribution in [2.45, 2.75) is 44.1 Å². The maximum Gasteiger partial charge on any atom is 0.337 e. The molecule has 140 valence electrons. The van der Waals surface area contributed by atoms with Crippen LogP contribution in [0.1, 0.15) is 37.7 Å². The quantitative estimate of drug-likeness (QED) is 0.453. The highest BCUT2D eigenvalue weighted by molar-refractivity contribution is 7.99. The second kappa shape index (κ2) is 10.9. The van der Waals surface area contributed by atoms with Crippen molar-refractivity contribution in [3.63, 3.8) is 0 Å². The van der Waals surface area contributed by atoms with Crippen molar-refractivity contribution in [2.75, 3.05) is 11.5 Å². The number of pyridine rings is 1. The number of halogens is 2. The van der Waals surface area contributed by atoms with Crippen molar-refractivity contribution in [1.82, 2.24) is 4.98 Å². The number of aliphatic hydroxyl groups is 1. The van der Waals surface area contributed by atoms with E-state index in [0.29, 0.717) is 15.8 Å². The topological polar surface area (TPSA) is 108 Å². The molecule has 1 unspecified atom stereocenters. The Morgan fingerprint density at radius 3 is 2.24 bits per heavy atom. The van der Waals surface area contributed by atoms with Crippen molar-refractivity contribution in [3.05, 3.63) is 28.0 Å². The fourth-order valence-electron chi connectivity index (χ4n) is 2.22.